The standard InChI is InChI=1S/C19H17BrO4/c1-23-14-5-6-15-11(8-14)3-4-12(19(15)22)7-13-9-17(21)18(24-2)10-16(13)20/h5-10,21H,3-4H2,1-2H3. The Morgan fingerprint density at radius 1 is 1.12 bits per heavy atom. The average molecular weight is 389 g/mol. The van der Waals surface area contributed by atoms with E-state index in [0.29, 0.717) is 17.7 Å². The number of carbonyl (C=O) groups is 1. The largest absolute Gasteiger partial charge is 0.504 e. The molecule has 1 aliphatic carbocycles. The Hall–Kier alpha value is -2.27. The molecule has 0 fully saturated rings. The topological polar surface area (TPSA) is 55.8 Å². The van der Waals surface area contributed by atoms with E-state index in [0.717, 1.165) is 33.3 Å². The minimum atomic E-state index is 0.0149. The van der Waals surface area contributed by atoms with Crippen LogP contribution in [0.5, 0.6) is 17.2 Å². The van der Waals surface area contributed by atoms with Gasteiger partial charge >= 0.3 is 0 Å². The van der Waals surface area contributed by atoms with Crippen molar-refractivity contribution in [2.75, 3.05) is 14.2 Å². The van der Waals surface area contributed by atoms with Crippen LogP contribution in [0.2, 0.25) is 0 Å². The monoisotopic (exact) mass is 388 g/mol. The molecule has 0 radical (unpaired) electrons. The zero-order valence-electron chi connectivity index (χ0n) is 13.4. The summed E-state index contributed by atoms with van der Waals surface area (Å²) < 4.78 is 11.1. The van der Waals surface area contributed by atoms with E-state index in [-0.39, 0.29) is 11.5 Å². The van der Waals surface area contributed by atoms with E-state index in [1.807, 2.05) is 18.2 Å². The summed E-state index contributed by atoms with van der Waals surface area (Å²) in [6.07, 6.45) is 3.25. The van der Waals surface area contributed by atoms with Gasteiger partial charge in [-0.15, -0.1) is 0 Å². The normalized spacial score (nSPS) is 15.3. The van der Waals surface area contributed by atoms with Gasteiger partial charge in [0.15, 0.2) is 17.3 Å². The summed E-state index contributed by atoms with van der Waals surface area (Å²) >= 11 is 3.46. The smallest absolute Gasteiger partial charge is 0.189 e. The van der Waals surface area contributed by atoms with E-state index in [1.165, 1.54) is 7.11 Å². The van der Waals surface area contributed by atoms with Gasteiger partial charge in [-0.25, -0.2) is 0 Å². The molecule has 1 N–H and O–H groups in total. The Kier molecular flexibility index (Phi) is 4.62. The number of carbonyl (C=O) groups excluding carboxylic acids is 1. The number of rotatable bonds is 3. The summed E-state index contributed by atoms with van der Waals surface area (Å²) in [5.74, 6) is 1.20. The lowest BCUT2D eigenvalue weighted by Crippen LogP contribution is -2.14. The van der Waals surface area contributed by atoms with Gasteiger partial charge in [-0.2, -0.15) is 0 Å². The van der Waals surface area contributed by atoms with Gasteiger partial charge in [0.2, 0.25) is 0 Å². The summed E-state index contributed by atoms with van der Waals surface area (Å²) in [4.78, 5) is 12.7. The van der Waals surface area contributed by atoms with Gasteiger partial charge in [-0.3, -0.25) is 4.79 Å². The molecule has 0 spiro atoms. The van der Waals surface area contributed by atoms with Crippen molar-refractivity contribution in [3.05, 3.63) is 57.1 Å². The number of hydrogen-bond donors (Lipinski definition) is 1. The van der Waals surface area contributed by atoms with Crippen molar-refractivity contribution in [2.24, 2.45) is 0 Å². The molecule has 4 nitrogen and oxygen atoms in total. The molecule has 0 bridgehead atoms. The highest BCUT2D eigenvalue weighted by molar-refractivity contribution is 9.10. The number of allylic oxidation sites excluding steroid dienone is 1. The van der Waals surface area contributed by atoms with Crippen LogP contribution < -0.4 is 9.47 Å². The van der Waals surface area contributed by atoms with Crippen molar-refractivity contribution in [3.63, 3.8) is 0 Å². The molecule has 0 amide bonds. The van der Waals surface area contributed by atoms with Gasteiger partial charge in [0.05, 0.1) is 14.2 Å². The second-order valence-electron chi connectivity index (χ2n) is 5.57. The first-order valence-electron chi connectivity index (χ1n) is 7.52. The molecule has 0 aliphatic heterocycles. The van der Waals surface area contributed by atoms with Crippen molar-refractivity contribution >= 4 is 27.8 Å². The molecule has 1 aliphatic rings. The fourth-order valence-corrected chi connectivity index (χ4v) is 3.28. The predicted molar refractivity (Wildman–Crippen MR) is 96.0 cm³/mol. The molecule has 124 valence electrons. The first-order valence-corrected chi connectivity index (χ1v) is 8.31. The number of halogens is 1. The lowest BCUT2D eigenvalue weighted by Gasteiger charge is -2.18. The van der Waals surface area contributed by atoms with Crippen LogP contribution in [0.4, 0.5) is 0 Å². The molecule has 2 aromatic carbocycles. The van der Waals surface area contributed by atoms with Crippen molar-refractivity contribution in [1.82, 2.24) is 0 Å². The third-order valence-electron chi connectivity index (χ3n) is 4.14. The van der Waals surface area contributed by atoms with Crippen molar-refractivity contribution in [1.29, 1.82) is 0 Å². The molecule has 0 heterocycles. The summed E-state index contributed by atoms with van der Waals surface area (Å²) in [6.45, 7) is 0. The molecule has 24 heavy (non-hydrogen) atoms. The highest BCUT2D eigenvalue weighted by atomic mass is 79.9. The van der Waals surface area contributed by atoms with Gasteiger partial charge in [0.1, 0.15) is 5.75 Å². The van der Waals surface area contributed by atoms with Gasteiger partial charge < -0.3 is 14.6 Å². The Morgan fingerprint density at radius 2 is 1.92 bits per heavy atom. The number of phenolic OH excluding ortho intramolecular Hbond substituents is 1. The van der Waals surface area contributed by atoms with E-state index in [4.69, 9.17) is 9.47 Å². The number of hydrogen-bond acceptors (Lipinski definition) is 4. The van der Waals surface area contributed by atoms with Crippen LogP contribution in [0.1, 0.15) is 27.9 Å². The third kappa shape index (κ3) is 3.04. The van der Waals surface area contributed by atoms with Crippen LogP contribution in [0, 0.1) is 0 Å². The lowest BCUT2D eigenvalue weighted by atomic mass is 9.86. The Labute approximate surface area is 148 Å². The van der Waals surface area contributed by atoms with E-state index in [9.17, 15) is 9.90 Å². The molecule has 0 aromatic heterocycles. The SMILES string of the molecule is COc1ccc2c(c1)CCC(=Cc1cc(O)c(OC)cc1Br)C2=O. The zero-order chi connectivity index (χ0) is 17.3. The van der Waals surface area contributed by atoms with E-state index >= 15 is 0 Å². The Balaban J connectivity index is 1.97. The quantitative estimate of drug-likeness (QED) is 0.792. The van der Waals surface area contributed by atoms with E-state index in [1.54, 1.807) is 25.3 Å². The summed E-state index contributed by atoms with van der Waals surface area (Å²) in [5.41, 5.74) is 3.18. The first-order chi connectivity index (χ1) is 11.5. The van der Waals surface area contributed by atoms with E-state index < -0.39 is 0 Å². The number of methoxy groups -OCH3 is 2. The average Bonchev–Trinajstić information content (AvgIpc) is 2.59. The molecule has 2 aromatic rings. The number of ether oxygens (including phenoxy) is 2. The van der Waals surface area contributed by atoms with Crippen LogP contribution in [0.3, 0.4) is 0 Å². The predicted octanol–water partition coefficient (Wildman–Crippen LogP) is 4.38. The highest BCUT2D eigenvalue weighted by Gasteiger charge is 2.22. The fraction of sp³-hybridized carbons (Fsp3) is 0.211. The molecule has 0 saturated heterocycles. The van der Waals surface area contributed by atoms with Crippen LogP contribution in [0.25, 0.3) is 6.08 Å². The number of aryl methyl sites for hydroxylation is 1. The maximum atomic E-state index is 12.7. The third-order valence-corrected chi connectivity index (χ3v) is 4.83. The van der Waals surface area contributed by atoms with Crippen LogP contribution in [-0.2, 0) is 6.42 Å². The number of benzene rings is 2. The number of phenols is 1. The van der Waals surface area contributed by atoms with Crippen LogP contribution >= 0.6 is 15.9 Å². The van der Waals surface area contributed by atoms with Crippen LogP contribution in [0.15, 0.2) is 40.4 Å². The van der Waals surface area contributed by atoms with Crippen molar-refractivity contribution in [2.45, 2.75) is 12.8 Å². The fourth-order valence-electron chi connectivity index (χ4n) is 2.84. The molecule has 3 rings (SSSR count). The van der Waals surface area contributed by atoms with Crippen molar-refractivity contribution < 1.29 is 19.4 Å². The number of ketones is 1. The summed E-state index contributed by atoms with van der Waals surface area (Å²) in [6, 6.07) is 8.80. The first kappa shape index (κ1) is 16.6. The van der Waals surface area contributed by atoms with Crippen molar-refractivity contribution in [3.8, 4) is 17.2 Å². The number of Topliss-reactive ketones (excluding diaryl/α,β-unsaturated/α-hetero) is 1. The minimum Gasteiger partial charge on any atom is -0.504 e. The van der Waals surface area contributed by atoms with E-state index in [2.05, 4.69) is 15.9 Å². The van der Waals surface area contributed by atoms with Crippen LogP contribution in [-0.4, -0.2) is 25.1 Å². The highest BCUT2D eigenvalue weighted by Crippen LogP contribution is 2.35. The maximum Gasteiger partial charge on any atom is 0.189 e. The molecule has 0 saturated carbocycles. The van der Waals surface area contributed by atoms with Gasteiger partial charge in [-0.05, 0) is 60.4 Å². The van der Waals surface area contributed by atoms with Gasteiger partial charge in [0, 0.05) is 15.6 Å². The zero-order valence-corrected chi connectivity index (χ0v) is 15.0. The number of fused-ring (bicyclic) bond motifs is 1. The maximum absolute atomic E-state index is 12.7. The van der Waals surface area contributed by atoms with Gasteiger partial charge in [-0.1, -0.05) is 15.9 Å². The Morgan fingerprint density at radius 3 is 2.62 bits per heavy atom. The van der Waals surface area contributed by atoms with Gasteiger partial charge in [0.25, 0.3) is 0 Å². The summed E-state index contributed by atoms with van der Waals surface area (Å²) in [7, 11) is 3.11. The summed E-state index contributed by atoms with van der Waals surface area (Å²) in [5, 5.41) is 9.95. The second-order valence-corrected chi connectivity index (χ2v) is 6.42. The molecular weight excluding hydrogens is 372 g/mol. The molecule has 0 atom stereocenters. The molecule has 5 heteroatoms. The minimum absolute atomic E-state index is 0.0149. The number of aromatic hydroxyl groups is 1. The Bertz CT molecular complexity index is 840. The molecule has 0 unspecified atom stereocenters. The second kappa shape index (κ2) is 6.69. The molecular formula is C19H17BrO4. The lowest BCUT2D eigenvalue weighted by molar-refractivity contribution is 0.102.